The third-order valence-electron chi connectivity index (χ3n) is 4.24. The summed E-state index contributed by atoms with van der Waals surface area (Å²) in [5.74, 6) is -0.415. The Morgan fingerprint density at radius 3 is 2.56 bits per heavy atom. The van der Waals surface area contributed by atoms with Gasteiger partial charge in [0.25, 0.3) is 10.0 Å². The first kappa shape index (κ1) is 17.4. The van der Waals surface area contributed by atoms with Crippen LogP contribution < -0.4 is 9.62 Å². The molecular weight excluding hydrogens is 343 g/mol. The number of benzene rings is 2. The van der Waals surface area contributed by atoms with Gasteiger partial charge in [-0.3, -0.25) is 9.52 Å². The van der Waals surface area contributed by atoms with Crippen LogP contribution in [0, 0.1) is 5.82 Å². The Hall–Kier alpha value is -2.41. The fourth-order valence-electron chi connectivity index (χ4n) is 3.06. The maximum absolute atomic E-state index is 13.0. The van der Waals surface area contributed by atoms with E-state index in [2.05, 4.69) is 4.72 Å². The Kier molecular flexibility index (Phi) is 4.51. The van der Waals surface area contributed by atoms with Crippen LogP contribution in [0.25, 0.3) is 0 Å². The maximum Gasteiger partial charge on any atom is 0.261 e. The molecule has 132 valence electrons. The molecule has 0 spiro atoms. The fourth-order valence-corrected chi connectivity index (χ4v) is 4.17. The Morgan fingerprint density at radius 1 is 1.24 bits per heavy atom. The lowest BCUT2D eigenvalue weighted by atomic mass is 10.1. The van der Waals surface area contributed by atoms with Crippen molar-refractivity contribution in [3.05, 3.63) is 53.8 Å². The minimum absolute atomic E-state index is 0.00506. The van der Waals surface area contributed by atoms with E-state index in [1.807, 2.05) is 6.92 Å². The number of carbonyl (C=O) groups excluding carboxylic acids is 1. The van der Waals surface area contributed by atoms with E-state index in [-0.39, 0.29) is 22.5 Å². The van der Waals surface area contributed by atoms with Gasteiger partial charge >= 0.3 is 0 Å². The van der Waals surface area contributed by atoms with Gasteiger partial charge in [-0.2, -0.15) is 0 Å². The Labute approximate surface area is 146 Å². The maximum atomic E-state index is 13.0. The largest absolute Gasteiger partial charge is 0.309 e. The summed E-state index contributed by atoms with van der Waals surface area (Å²) >= 11 is 0. The van der Waals surface area contributed by atoms with E-state index in [9.17, 15) is 17.6 Å². The van der Waals surface area contributed by atoms with E-state index >= 15 is 0 Å². The summed E-state index contributed by atoms with van der Waals surface area (Å²) in [6.07, 6.45) is 1.01. The molecule has 5 nitrogen and oxygen atoms in total. The standard InChI is InChI=1S/C18H19FN2O3S/c1-3-18(22)21-12(2)10-13-11-16(8-9-17(13)21)25(23,24)20-15-6-4-14(19)5-7-15/h4-9,11-12,20H,3,10H2,1-2H3. The summed E-state index contributed by atoms with van der Waals surface area (Å²) in [6, 6.07) is 9.87. The Bertz CT molecular complexity index is 910. The number of nitrogens with one attached hydrogen (secondary N) is 1. The second-order valence-corrected chi connectivity index (χ2v) is 7.76. The van der Waals surface area contributed by atoms with Gasteiger partial charge in [0, 0.05) is 23.8 Å². The van der Waals surface area contributed by atoms with Gasteiger partial charge in [0.1, 0.15) is 5.82 Å². The molecule has 3 rings (SSSR count). The molecule has 1 N–H and O–H groups in total. The van der Waals surface area contributed by atoms with Gasteiger partial charge in [0.15, 0.2) is 0 Å². The van der Waals surface area contributed by atoms with Gasteiger partial charge in [0.2, 0.25) is 5.91 Å². The highest BCUT2D eigenvalue weighted by molar-refractivity contribution is 7.92. The average Bonchev–Trinajstić information content (AvgIpc) is 2.91. The lowest BCUT2D eigenvalue weighted by Gasteiger charge is -2.22. The Morgan fingerprint density at radius 2 is 1.92 bits per heavy atom. The molecule has 0 bridgehead atoms. The molecule has 0 radical (unpaired) electrons. The first-order chi connectivity index (χ1) is 11.8. The molecule has 1 unspecified atom stereocenters. The van der Waals surface area contributed by atoms with Crippen LogP contribution in [0.15, 0.2) is 47.4 Å². The second kappa shape index (κ2) is 6.48. The van der Waals surface area contributed by atoms with E-state index in [0.29, 0.717) is 12.8 Å². The molecule has 2 aromatic carbocycles. The van der Waals surface area contributed by atoms with Gasteiger partial charge in [-0.15, -0.1) is 0 Å². The van der Waals surface area contributed by atoms with Crippen LogP contribution in [0.3, 0.4) is 0 Å². The molecule has 1 aliphatic heterocycles. The van der Waals surface area contributed by atoms with Gasteiger partial charge in [0.05, 0.1) is 4.90 Å². The molecule has 0 aromatic heterocycles. The van der Waals surface area contributed by atoms with Crippen molar-refractivity contribution in [3.63, 3.8) is 0 Å². The summed E-state index contributed by atoms with van der Waals surface area (Å²) in [4.78, 5) is 13.9. The van der Waals surface area contributed by atoms with Crippen LogP contribution >= 0.6 is 0 Å². The van der Waals surface area contributed by atoms with E-state index in [4.69, 9.17) is 0 Å². The SMILES string of the molecule is CCC(=O)N1c2ccc(S(=O)(=O)Nc3ccc(F)cc3)cc2CC1C. The van der Waals surface area contributed by atoms with E-state index in [0.717, 1.165) is 11.3 Å². The number of carbonyl (C=O) groups is 1. The van der Waals surface area contributed by atoms with Crippen LogP contribution in [0.5, 0.6) is 0 Å². The van der Waals surface area contributed by atoms with Crippen LogP contribution in [0.1, 0.15) is 25.8 Å². The van der Waals surface area contributed by atoms with Crippen LogP contribution in [-0.4, -0.2) is 20.4 Å². The van der Waals surface area contributed by atoms with Crippen molar-refractivity contribution in [2.45, 2.75) is 37.6 Å². The van der Waals surface area contributed by atoms with Crippen molar-refractivity contribution in [2.24, 2.45) is 0 Å². The number of amides is 1. The molecule has 25 heavy (non-hydrogen) atoms. The highest BCUT2D eigenvalue weighted by atomic mass is 32.2. The first-order valence-electron chi connectivity index (χ1n) is 8.05. The average molecular weight is 362 g/mol. The number of nitrogens with zero attached hydrogens (tertiary/aromatic N) is 1. The molecule has 1 heterocycles. The van der Waals surface area contributed by atoms with Crippen molar-refractivity contribution >= 4 is 27.3 Å². The third kappa shape index (κ3) is 3.37. The normalized spacial score (nSPS) is 16.6. The van der Waals surface area contributed by atoms with Crippen LogP contribution in [0.4, 0.5) is 15.8 Å². The van der Waals surface area contributed by atoms with Crippen molar-refractivity contribution in [1.82, 2.24) is 0 Å². The van der Waals surface area contributed by atoms with Crippen molar-refractivity contribution in [1.29, 1.82) is 0 Å². The number of fused-ring (bicyclic) bond motifs is 1. The van der Waals surface area contributed by atoms with Crippen LogP contribution in [0.2, 0.25) is 0 Å². The van der Waals surface area contributed by atoms with E-state index in [1.54, 1.807) is 24.0 Å². The number of anilines is 2. The lowest BCUT2D eigenvalue weighted by Crippen LogP contribution is -2.35. The van der Waals surface area contributed by atoms with Crippen molar-refractivity contribution < 1.29 is 17.6 Å². The number of rotatable bonds is 4. The van der Waals surface area contributed by atoms with E-state index < -0.39 is 15.8 Å². The zero-order valence-electron chi connectivity index (χ0n) is 14.0. The predicted octanol–water partition coefficient (Wildman–Crippen LogP) is 3.31. The van der Waals surface area contributed by atoms with Gasteiger partial charge in [-0.05, 0) is 61.4 Å². The smallest absolute Gasteiger partial charge is 0.261 e. The topological polar surface area (TPSA) is 66.5 Å². The molecule has 0 fully saturated rings. The van der Waals surface area contributed by atoms with Crippen molar-refractivity contribution in [2.75, 3.05) is 9.62 Å². The highest BCUT2D eigenvalue weighted by Crippen LogP contribution is 2.34. The van der Waals surface area contributed by atoms with Crippen LogP contribution in [-0.2, 0) is 21.2 Å². The second-order valence-electron chi connectivity index (χ2n) is 6.07. The Balaban J connectivity index is 1.90. The van der Waals surface area contributed by atoms with Gasteiger partial charge < -0.3 is 4.90 Å². The summed E-state index contributed by atoms with van der Waals surface area (Å²) < 4.78 is 40.5. The van der Waals surface area contributed by atoms with E-state index in [1.165, 1.54) is 30.3 Å². The number of hydrogen-bond donors (Lipinski definition) is 1. The molecule has 2 aromatic rings. The monoisotopic (exact) mass is 362 g/mol. The van der Waals surface area contributed by atoms with Crippen molar-refractivity contribution in [3.8, 4) is 0 Å². The molecule has 1 amide bonds. The first-order valence-corrected chi connectivity index (χ1v) is 9.53. The summed E-state index contributed by atoms with van der Waals surface area (Å²) in [6.45, 7) is 3.75. The summed E-state index contributed by atoms with van der Waals surface area (Å²) in [5, 5.41) is 0. The summed E-state index contributed by atoms with van der Waals surface area (Å²) in [7, 11) is -3.78. The minimum Gasteiger partial charge on any atom is -0.309 e. The number of halogens is 1. The summed E-state index contributed by atoms with van der Waals surface area (Å²) in [5.41, 5.74) is 1.88. The fraction of sp³-hybridized carbons (Fsp3) is 0.278. The molecule has 0 saturated heterocycles. The minimum atomic E-state index is -3.78. The zero-order valence-corrected chi connectivity index (χ0v) is 14.8. The predicted molar refractivity (Wildman–Crippen MR) is 94.6 cm³/mol. The molecule has 1 atom stereocenters. The number of hydrogen-bond acceptors (Lipinski definition) is 3. The zero-order chi connectivity index (χ0) is 18.2. The van der Waals surface area contributed by atoms with Gasteiger partial charge in [-0.1, -0.05) is 6.92 Å². The quantitative estimate of drug-likeness (QED) is 0.907. The molecule has 0 saturated carbocycles. The molecule has 1 aliphatic rings. The number of sulfonamides is 1. The highest BCUT2D eigenvalue weighted by Gasteiger charge is 2.31. The van der Waals surface area contributed by atoms with Gasteiger partial charge in [-0.25, -0.2) is 12.8 Å². The lowest BCUT2D eigenvalue weighted by molar-refractivity contribution is -0.118. The third-order valence-corrected chi connectivity index (χ3v) is 5.62. The molecular formula is C18H19FN2O3S. The molecule has 0 aliphatic carbocycles. The molecule has 7 heteroatoms.